The molecule has 1 heterocycles. The number of benzene rings is 3. The molecule has 0 spiro atoms. The number of nitrogens with zero attached hydrogens (tertiary/aromatic N) is 2. The third-order valence-electron chi connectivity index (χ3n) is 4.63. The van der Waals surface area contributed by atoms with Crippen LogP contribution in [0.4, 0.5) is 0 Å². The molecule has 1 aromatic heterocycles. The number of amides is 1. The minimum Gasteiger partial charge on any atom is -0.352 e. The van der Waals surface area contributed by atoms with Crippen molar-refractivity contribution in [3.05, 3.63) is 83.9 Å². The van der Waals surface area contributed by atoms with Gasteiger partial charge in [0.1, 0.15) is 5.52 Å². The van der Waals surface area contributed by atoms with Crippen molar-refractivity contribution in [3.63, 3.8) is 0 Å². The Labute approximate surface area is 158 Å². The van der Waals surface area contributed by atoms with E-state index in [1.54, 1.807) is 0 Å². The second-order valence-corrected chi connectivity index (χ2v) is 6.58. The Morgan fingerprint density at radius 1 is 0.741 bits per heavy atom. The van der Waals surface area contributed by atoms with Gasteiger partial charge in [-0.1, -0.05) is 48.5 Å². The van der Waals surface area contributed by atoms with Crippen LogP contribution >= 0.6 is 0 Å². The summed E-state index contributed by atoms with van der Waals surface area (Å²) in [5.74, 6) is -0.0927. The van der Waals surface area contributed by atoms with Crippen molar-refractivity contribution in [1.29, 1.82) is 0 Å². The fraction of sp³-hybridized carbons (Fsp3) is 0.174. The number of hydrogen-bond acceptors (Lipinski definition) is 3. The number of carbonyl (C=O) groups is 1. The molecule has 4 aromatic rings. The van der Waals surface area contributed by atoms with Gasteiger partial charge in [-0.05, 0) is 49.1 Å². The van der Waals surface area contributed by atoms with Gasteiger partial charge in [0, 0.05) is 6.54 Å². The van der Waals surface area contributed by atoms with Gasteiger partial charge in [-0.15, -0.1) is 0 Å². The normalized spacial score (nSPS) is 11.0. The lowest BCUT2D eigenvalue weighted by Crippen LogP contribution is -2.25. The van der Waals surface area contributed by atoms with Crippen molar-refractivity contribution in [2.75, 3.05) is 6.54 Å². The highest BCUT2D eigenvalue weighted by Crippen LogP contribution is 2.19. The van der Waals surface area contributed by atoms with Gasteiger partial charge in [0.05, 0.1) is 22.1 Å². The van der Waals surface area contributed by atoms with E-state index >= 15 is 0 Å². The van der Waals surface area contributed by atoms with E-state index in [0.29, 0.717) is 17.6 Å². The molecule has 0 aliphatic carbocycles. The van der Waals surface area contributed by atoms with E-state index < -0.39 is 0 Å². The molecule has 3 aromatic carbocycles. The Kier molecular flexibility index (Phi) is 5.06. The average molecular weight is 355 g/mol. The van der Waals surface area contributed by atoms with E-state index in [1.807, 2.05) is 48.5 Å². The average Bonchev–Trinajstić information content (AvgIpc) is 2.72. The maximum absolute atomic E-state index is 12.6. The Hall–Kier alpha value is -3.27. The third kappa shape index (κ3) is 3.95. The first-order valence-electron chi connectivity index (χ1n) is 9.29. The van der Waals surface area contributed by atoms with E-state index in [-0.39, 0.29) is 5.91 Å². The smallest absolute Gasteiger partial charge is 0.253 e. The van der Waals surface area contributed by atoms with Gasteiger partial charge >= 0.3 is 0 Å². The van der Waals surface area contributed by atoms with Crippen LogP contribution in [0.3, 0.4) is 0 Å². The van der Waals surface area contributed by atoms with E-state index in [4.69, 9.17) is 0 Å². The van der Waals surface area contributed by atoms with Crippen LogP contribution in [0.15, 0.2) is 72.8 Å². The predicted octanol–water partition coefficient (Wildman–Crippen LogP) is 4.54. The first-order chi connectivity index (χ1) is 13.3. The number of carbonyl (C=O) groups excluding carboxylic acids is 1. The molecule has 0 aliphatic rings. The largest absolute Gasteiger partial charge is 0.352 e. The topological polar surface area (TPSA) is 54.9 Å². The Balaban J connectivity index is 1.42. The molecule has 0 fully saturated rings. The SMILES string of the molecule is O=C(NCCCCc1ccccc1)c1cccc2nc3ccccc3nc12. The molecule has 0 aliphatic heterocycles. The van der Waals surface area contributed by atoms with E-state index in [9.17, 15) is 4.79 Å². The second kappa shape index (κ2) is 7.96. The number of nitrogens with one attached hydrogen (secondary N) is 1. The number of para-hydroxylation sites is 3. The van der Waals surface area contributed by atoms with Crippen LogP contribution in [0.5, 0.6) is 0 Å². The van der Waals surface area contributed by atoms with E-state index in [2.05, 4.69) is 39.6 Å². The first kappa shape index (κ1) is 17.2. The van der Waals surface area contributed by atoms with E-state index in [0.717, 1.165) is 35.8 Å². The molecule has 0 atom stereocenters. The summed E-state index contributed by atoms with van der Waals surface area (Å²) in [5, 5.41) is 3.02. The van der Waals surface area contributed by atoms with Crippen molar-refractivity contribution in [1.82, 2.24) is 15.3 Å². The number of aryl methyl sites for hydroxylation is 1. The zero-order valence-electron chi connectivity index (χ0n) is 15.1. The number of hydrogen-bond donors (Lipinski definition) is 1. The van der Waals surface area contributed by atoms with Crippen molar-refractivity contribution in [3.8, 4) is 0 Å². The van der Waals surface area contributed by atoms with Gasteiger partial charge in [0.15, 0.2) is 0 Å². The lowest BCUT2D eigenvalue weighted by Gasteiger charge is -2.08. The van der Waals surface area contributed by atoms with Crippen LogP contribution in [-0.4, -0.2) is 22.4 Å². The zero-order valence-corrected chi connectivity index (χ0v) is 15.1. The summed E-state index contributed by atoms with van der Waals surface area (Å²) in [6.45, 7) is 0.656. The Bertz CT molecular complexity index is 1080. The minimum absolute atomic E-state index is 0.0927. The maximum atomic E-state index is 12.6. The standard InChI is InChI=1S/C23H21N3O/c27-23(24-16-7-6-11-17-9-2-1-3-10-17)18-12-8-15-21-22(18)26-20-14-5-4-13-19(20)25-21/h1-5,8-10,12-15H,6-7,11,16H2,(H,24,27). The van der Waals surface area contributed by atoms with Gasteiger partial charge < -0.3 is 5.32 Å². The highest BCUT2D eigenvalue weighted by atomic mass is 16.1. The third-order valence-corrected chi connectivity index (χ3v) is 4.63. The van der Waals surface area contributed by atoms with Crippen LogP contribution in [0.25, 0.3) is 22.1 Å². The highest BCUT2D eigenvalue weighted by Gasteiger charge is 2.12. The molecule has 1 N–H and O–H groups in total. The molecule has 27 heavy (non-hydrogen) atoms. The zero-order chi connectivity index (χ0) is 18.5. The van der Waals surface area contributed by atoms with Crippen LogP contribution < -0.4 is 5.32 Å². The number of rotatable bonds is 6. The number of fused-ring (bicyclic) bond motifs is 2. The molecule has 0 radical (unpaired) electrons. The van der Waals surface area contributed by atoms with Crippen molar-refractivity contribution < 1.29 is 4.79 Å². The summed E-state index contributed by atoms with van der Waals surface area (Å²) in [5.41, 5.74) is 4.94. The fourth-order valence-corrected chi connectivity index (χ4v) is 3.22. The second-order valence-electron chi connectivity index (χ2n) is 6.58. The Morgan fingerprint density at radius 3 is 2.26 bits per heavy atom. The summed E-state index contributed by atoms with van der Waals surface area (Å²) < 4.78 is 0. The van der Waals surface area contributed by atoms with Crippen LogP contribution in [-0.2, 0) is 6.42 Å². The van der Waals surface area contributed by atoms with E-state index in [1.165, 1.54) is 5.56 Å². The van der Waals surface area contributed by atoms with Crippen molar-refractivity contribution in [2.45, 2.75) is 19.3 Å². The summed E-state index contributed by atoms with van der Waals surface area (Å²) in [6.07, 6.45) is 3.02. The van der Waals surface area contributed by atoms with Crippen LogP contribution in [0, 0.1) is 0 Å². The van der Waals surface area contributed by atoms with Gasteiger partial charge in [-0.3, -0.25) is 4.79 Å². The summed E-state index contributed by atoms with van der Waals surface area (Å²) in [7, 11) is 0. The molecule has 4 nitrogen and oxygen atoms in total. The van der Waals surface area contributed by atoms with Crippen LogP contribution in [0.1, 0.15) is 28.8 Å². The molecule has 0 bridgehead atoms. The molecular formula is C23H21N3O. The number of unbranched alkanes of at least 4 members (excludes halogenated alkanes) is 1. The molecule has 4 rings (SSSR count). The minimum atomic E-state index is -0.0927. The predicted molar refractivity (Wildman–Crippen MR) is 109 cm³/mol. The molecular weight excluding hydrogens is 334 g/mol. The maximum Gasteiger partial charge on any atom is 0.253 e. The molecule has 4 heteroatoms. The summed E-state index contributed by atoms with van der Waals surface area (Å²) in [4.78, 5) is 21.9. The van der Waals surface area contributed by atoms with Crippen molar-refractivity contribution in [2.24, 2.45) is 0 Å². The van der Waals surface area contributed by atoms with Gasteiger partial charge in [-0.2, -0.15) is 0 Å². The van der Waals surface area contributed by atoms with Crippen molar-refractivity contribution >= 4 is 28.0 Å². The van der Waals surface area contributed by atoms with Gasteiger partial charge in [0.25, 0.3) is 5.91 Å². The lowest BCUT2D eigenvalue weighted by atomic mass is 10.1. The van der Waals surface area contributed by atoms with Gasteiger partial charge in [0.2, 0.25) is 0 Å². The summed E-state index contributed by atoms with van der Waals surface area (Å²) in [6, 6.07) is 23.7. The molecule has 134 valence electrons. The lowest BCUT2D eigenvalue weighted by molar-refractivity contribution is 0.0954. The molecule has 0 saturated carbocycles. The quantitative estimate of drug-likeness (QED) is 0.408. The number of aromatic nitrogens is 2. The fourth-order valence-electron chi connectivity index (χ4n) is 3.22. The molecule has 0 saturated heterocycles. The van der Waals surface area contributed by atoms with Gasteiger partial charge in [-0.25, -0.2) is 9.97 Å². The van der Waals surface area contributed by atoms with Crippen LogP contribution in [0.2, 0.25) is 0 Å². The Morgan fingerprint density at radius 2 is 1.44 bits per heavy atom. The monoisotopic (exact) mass is 355 g/mol. The summed E-state index contributed by atoms with van der Waals surface area (Å²) >= 11 is 0. The molecule has 1 amide bonds. The first-order valence-corrected chi connectivity index (χ1v) is 9.29. The highest BCUT2D eigenvalue weighted by molar-refractivity contribution is 6.05. The molecule has 0 unspecified atom stereocenters.